The number of hydrogen-bond acceptors (Lipinski definition) is 2. The molecule has 0 radical (unpaired) electrons. The van der Waals surface area contributed by atoms with Crippen LogP contribution in [0, 0.1) is 6.92 Å². The molecule has 1 N–H and O–H groups in total. The van der Waals surface area contributed by atoms with Crippen molar-refractivity contribution in [3.8, 4) is 0 Å². The molecule has 14 heavy (non-hydrogen) atoms. The molecule has 1 saturated heterocycles. The largest absolute Gasteiger partial charge is 0.285 e. The van der Waals surface area contributed by atoms with Crippen LogP contribution < -0.4 is 10.4 Å². The Morgan fingerprint density at radius 1 is 1.36 bits per heavy atom. The molecule has 3 heteroatoms. The van der Waals surface area contributed by atoms with Crippen LogP contribution in [0.4, 0.5) is 5.69 Å². The highest BCUT2D eigenvalue weighted by Crippen LogP contribution is 2.19. The maximum Gasteiger partial charge on any atom is 0.238 e. The summed E-state index contributed by atoms with van der Waals surface area (Å²) in [5.41, 5.74) is 5.16. The van der Waals surface area contributed by atoms with Gasteiger partial charge in [0.2, 0.25) is 5.91 Å². The fraction of sp³-hybridized carbons (Fsp3) is 0.364. The van der Waals surface area contributed by atoms with Gasteiger partial charge in [0.15, 0.2) is 0 Å². The second kappa shape index (κ2) is 3.70. The lowest BCUT2D eigenvalue weighted by atomic mass is 10.1. The van der Waals surface area contributed by atoms with Crippen molar-refractivity contribution in [3.63, 3.8) is 0 Å². The molecule has 0 atom stereocenters. The van der Waals surface area contributed by atoms with Crippen LogP contribution in [0.2, 0.25) is 0 Å². The molecule has 74 valence electrons. The summed E-state index contributed by atoms with van der Waals surface area (Å²) in [5, 5.41) is 1.93. The van der Waals surface area contributed by atoms with Crippen molar-refractivity contribution in [1.82, 2.24) is 5.43 Å². The molecule has 1 aliphatic rings. The van der Waals surface area contributed by atoms with Gasteiger partial charge in [-0.05, 0) is 25.0 Å². The predicted octanol–water partition coefficient (Wildman–Crippen LogP) is 1.63. The van der Waals surface area contributed by atoms with Crippen molar-refractivity contribution in [1.29, 1.82) is 0 Å². The van der Waals surface area contributed by atoms with Crippen molar-refractivity contribution >= 4 is 11.6 Å². The zero-order valence-electron chi connectivity index (χ0n) is 8.29. The lowest BCUT2D eigenvalue weighted by Crippen LogP contribution is -2.47. The van der Waals surface area contributed by atoms with E-state index in [1.54, 1.807) is 0 Å². The van der Waals surface area contributed by atoms with Gasteiger partial charge in [-0.25, -0.2) is 0 Å². The first kappa shape index (κ1) is 9.06. The molecule has 0 saturated carbocycles. The van der Waals surface area contributed by atoms with E-state index < -0.39 is 0 Å². The standard InChI is InChI=1S/C11H14N2O/c1-9-5-2-3-6-10(9)13-8-4-7-11(14)12-13/h2-3,5-6H,4,7-8H2,1H3,(H,12,14). The van der Waals surface area contributed by atoms with E-state index in [0.29, 0.717) is 6.42 Å². The lowest BCUT2D eigenvalue weighted by Gasteiger charge is -2.30. The number of anilines is 1. The number of nitrogens with one attached hydrogen (secondary N) is 1. The van der Waals surface area contributed by atoms with Gasteiger partial charge in [-0.15, -0.1) is 0 Å². The first-order valence-corrected chi connectivity index (χ1v) is 4.90. The predicted molar refractivity (Wildman–Crippen MR) is 55.9 cm³/mol. The molecule has 1 fully saturated rings. The highest BCUT2D eigenvalue weighted by molar-refractivity contribution is 5.79. The average Bonchev–Trinajstić information content (AvgIpc) is 2.18. The fourth-order valence-electron chi connectivity index (χ4n) is 1.71. The number of carbonyl (C=O) groups excluding carboxylic acids is 1. The summed E-state index contributed by atoms with van der Waals surface area (Å²) in [5.74, 6) is 0.111. The van der Waals surface area contributed by atoms with Crippen LogP contribution in [0.1, 0.15) is 18.4 Å². The summed E-state index contributed by atoms with van der Waals surface area (Å²) in [6, 6.07) is 8.07. The minimum Gasteiger partial charge on any atom is -0.285 e. The highest BCUT2D eigenvalue weighted by atomic mass is 16.2. The second-order valence-corrected chi connectivity index (χ2v) is 3.58. The molecule has 0 unspecified atom stereocenters. The van der Waals surface area contributed by atoms with Gasteiger partial charge in [0.1, 0.15) is 0 Å². The summed E-state index contributed by atoms with van der Waals surface area (Å²) >= 11 is 0. The number of hydrogen-bond donors (Lipinski definition) is 1. The Balaban J connectivity index is 2.22. The Hall–Kier alpha value is -1.51. The van der Waals surface area contributed by atoms with Gasteiger partial charge in [-0.1, -0.05) is 18.2 Å². The number of carbonyl (C=O) groups is 1. The molecule has 0 bridgehead atoms. The van der Waals surface area contributed by atoms with Gasteiger partial charge in [0, 0.05) is 13.0 Å². The molecular formula is C11H14N2O. The van der Waals surface area contributed by atoms with E-state index in [0.717, 1.165) is 18.7 Å². The van der Waals surface area contributed by atoms with Gasteiger partial charge < -0.3 is 0 Å². The Bertz CT molecular complexity index is 349. The SMILES string of the molecule is Cc1ccccc1N1CCCC(=O)N1. The Labute approximate surface area is 83.7 Å². The molecule has 1 amide bonds. The topological polar surface area (TPSA) is 32.3 Å². The van der Waals surface area contributed by atoms with Crippen LogP contribution >= 0.6 is 0 Å². The van der Waals surface area contributed by atoms with E-state index in [1.807, 2.05) is 23.2 Å². The average molecular weight is 190 g/mol. The van der Waals surface area contributed by atoms with E-state index >= 15 is 0 Å². The number of hydrazine groups is 1. The number of amides is 1. The summed E-state index contributed by atoms with van der Waals surface area (Å²) in [7, 11) is 0. The van der Waals surface area contributed by atoms with Crippen LogP contribution in [-0.2, 0) is 4.79 Å². The molecule has 0 aromatic heterocycles. The highest BCUT2D eigenvalue weighted by Gasteiger charge is 2.16. The Morgan fingerprint density at radius 3 is 2.86 bits per heavy atom. The van der Waals surface area contributed by atoms with E-state index in [9.17, 15) is 4.79 Å². The van der Waals surface area contributed by atoms with Gasteiger partial charge in [0.25, 0.3) is 0 Å². The van der Waals surface area contributed by atoms with E-state index in [4.69, 9.17) is 0 Å². The monoisotopic (exact) mass is 190 g/mol. The van der Waals surface area contributed by atoms with Gasteiger partial charge in [-0.2, -0.15) is 0 Å². The van der Waals surface area contributed by atoms with Crippen molar-refractivity contribution in [3.05, 3.63) is 29.8 Å². The molecule has 0 spiro atoms. The summed E-state index contributed by atoms with van der Waals surface area (Å²) in [6.45, 7) is 2.95. The van der Waals surface area contributed by atoms with Crippen molar-refractivity contribution in [2.75, 3.05) is 11.6 Å². The number of benzene rings is 1. The van der Waals surface area contributed by atoms with Crippen LogP contribution in [0.15, 0.2) is 24.3 Å². The number of nitrogens with zero attached hydrogens (tertiary/aromatic N) is 1. The molecule has 2 rings (SSSR count). The zero-order chi connectivity index (χ0) is 9.97. The minimum atomic E-state index is 0.111. The first-order chi connectivity index (χ1) is 6.77. The van der Waals surface area contributed by atoms with Gasteiger partial charge >= 0.3 is 0 Å². The first-order valence-electron chi connectivity index (χ1n) is 4.90. The quantitative estimate of drug-likeness (QED) is 0.730. The molecule has 1 heterocycles. The lowest BCUT2D eigenvalue weighted by molar-refractivity contribution is -0.122. The maximum absolute atomic E-state index is 11.2. The third-order valence-electron chi connectivity index (χ3n) is 2.45. The number of para-hydroxylation sites is 1. The number of aryl methyl sites for hydroxylation is 1. The molecule has 1 aromatic carbocycles. The van der Waals surface area contributed by atoms with Crippen LogP contribution in [-0.4, -0.2) is 12.5 Å². The molecule has 0 aliphatic carbocycles. The smallest absolute Gasteiger partial charge is 0.238 e. The Kier molecular flexibility index (Phi) is 2.39. The minimum absolute atomic E-state index is 0.111. The van der Waals surface area contributed by atoms with Crippen molar-refractivity contribution in [2.24, 2.45) is 0 Å². The fourth-order valence-corrected chi connectivity index (χ4v) is 1.71. The van der Waals surface area contributed by atoms with E-state index in [1.165, 1.54) is 5.56 Å². The number of rotatable bonds is 1. The molecule has 1 aromatic rings. The van der Waals surface area contributed by atoms with Crippen LogP contribution in [0.5, 0.6) is 0 Å². The normalized spacial score (nSPS) is 16.6. The van der Waals surface area contributed by atoms with Crippen LogP contribution in [0.25, 0.3) is 0 Å². The van der Waals surface area contributed by atoms with E-state index in [-0.39, 0.29) is 5.91 Å². The summed E-state index contributed by atoms with van der Waals surface area (Å²) in [4.78, 5) is 11.2. The van der Waals surface area contributed by atoms with Crippen molar-refractivity contribution in [2.45, 2.75) is 19.8 Å². The zero-order valence-corrected chi connectivity index (χ0v) is 8.29. The molecular weight excluding hydrogens is 176 g/mol. The third-order valence-corrected chi connectivity index (χ3v) is 2.45. The molecule has 1 aliphatic heterocycles. The van der Waals surface area contributed by atoms with Gasteiger partial charge in [-0.3, -0.25) is 15.2 Å². The van der Waals surface area contributed by atoms with Crippen molar-refractivity contribution < 1.29 is 4.79 Å². The summed E-state index contributed by atoms with van der Waals surface area (Å²) in [6.07, 6.45) is 1.57. The Morgan fingerprint density at radius 2 is 2.14 bits per heavy atom. The van der Waals surface area contributed by atoms with E-state index in [2.05, 4.69) is 18.4 Å². The van der Waals surface area contributed by atoms with Gasteiger partial charge in [0.05, 0.1) is 5.69 Å². The third kappa shape index (κ3) is 1.71. The second-order valence-electron chi connectivity index (χ2n) is 3.58. The van der Waals surface area contributed by atoms with Crippen LogP contribution in [0.3, 0.4) is 0 Å². The molecule has 3 nitrogen and oxygen atoms in total. The maximum atomic E-state index is 11.2. The summed E-state index contributed by atoms with van der Waals surface area (Å²) < 4.78 is 0.